The van der Waals surface area contributed by atoms with Gasteiger partial charge in [0, 0.05) is 13.1 Å². The van der Waals surface area contributed by atoms with E-state index in [1.807, 2.05) is 60.7 Å². The SMILES string of the molecule is NC(=O)S.O=C(S)N(Cc1ccccc1)Cc1ccccc1.[H-].[Na+]. The summed E-state index contributed by atoms with van der Waals surface area (Å²) in [6.45, 7) is 1.16. The number of amides is 2. The van der Waals surface area contributed by atoms with E-state index in [-0.39, 0.29) is 36.2 Å². The maximum Gasteiger partial charge on any atom is 1.00 e. The van der Waals surface area contributed by atoms with Gasteiger partial charge in [0.25, 0.3) is 10.5 Å². The van der Waals surface area contributed by atoms with Crippen molar-refractivity contribution in [1.82, 2.24) is 4.90 Å². The molecule has 23 heavy (non-hydrogen) atoms. The molecule has 2 rings (SSSR count). The number of nitrogens with two attached hydrogens (primary N) is 1. The Balaban J connectivity index is 0. The smallest absolute Gasteiger partial charge is 1.00 e. The van der Waals surface area contributed by atoms with Crippen LogP contribution in [0.3, 0.4) is 0 Å². The molecular formula is C16H19N2NaO2S2. The zero-order valence-corrected chi connectivity index (χ0v) is 16.7. The molecule has 0 saturated heterocycles. The average molecular weight is 358 g/mol. The third-order valence-corrected chi connectivity index (χ3v) is 2.99. The van der Waals surface area contributed by atoms with Crippen LogP contribution in [0.5, 0.6) is 0 Å². The third kappa shape index (κ3) is 10.5. The molecule has 0 aliphatic rings. The molecule has 0 unspecified atom stereocenters. The topological polar surface area (TPSA) is 63.4 Å². The van der Waals surface area contributed by atoms with Crippen molar-refractivity contribution in [2.24, 2.45) is 5.73 Å². The number of nitrogens with zero attached hydrogens (tertiary/aromatic N) is 1. The molecule has 0 aromatic heterocycles. The van der Waals surface area contributed by atoms with Crippen molar-refractivity contribution in [3.8, 4) is 0 Å². The second kappa shape index (κ2) is 12.5. The van der Waals surface area contributed by atoms with Crippen molar-refractivity contribution in [2.75, 3.05) is 0 Å². The molecule has 7 heteroatoms. The fraction of sp³-hybridized carbons (Fsp3) is 0.125. The predicted molar refractivity (Wildman–Crippen MR) is 96.2 cm³/mol. The fourth-order valence-corrected chi connectivity index (χ4v) is 1.94. The summed E-state index contributed by atoms with van der Waals surface area (Å²) in [5.74, 6) is 0. The molecule has 2 aromatic rings. The summed E-state index contributed by atoms with van der Waals surface area (Å²) in [5, 5.41) is -0.845. The van der Waals surface area contributed by atoms with Crippen LogP contribution in [0.15, 0.2) is 60.7 Å². The number of benzene rings is 2. The van der Waals surface area contributed by atoms with Crippen LogP contribution in [-0.4, -0.2) is 15.4 Å². The summed E-state index contributed by atoms with van der Waals surface area (Å²) < 4.78 is 0. The van der Waals surface area contributed by atoms with Gasteiger partial charge in [0.15, 0.2) is 0 Å². The summed E-state index contributed by atoms with van der Waals surface area (Å²) in [5.41, 5.74) is 6.55. The molecular weight excluding hydrogens is 339 g/mol. The minimum atomic E-state index is -0.639. The summed E-state index contributed by atoms with van der Waals surface area (Å²) in [6, 6.07) is 19.9. The second-order valence-corrected chi connectivity index (χ2v) is 5.27. The Morgan fingerprint density at radius 1 is 0.870 bits per heavy atom. The molecule has 2 amide bonds. The number of hydrogen-bond acceptors (Lipinski definition) is 2. The van der Waals surface area contributed by atoms with Gasteiger partial charge in [-0.2, -0.15) is 0 Å². The molecule has 0 radical (unpaired) electrons. The van der Waals surface area contributed by atoms with Crippen LogP contribution in [0, 0.1) is 0 Å². The number of carbonyl (C=O) groups excluding carboxylic acids is 2. The molecule has 0 saturated carbocycles. The van der Waals surface area contributed by atoms with Gasteiger partial charge in [0.2, 0.25) is 0 Å². The van der Waals surface area contributed by atoms with Gasteiger partial charge in [-0.25, -0.2) is 0 Å². The zero-order chi connectivity index (χ0) is 16.4. The Bertz CT molecular complexity index is 558. The van der Waals surface area contributed by atoms with Crippen molar-refractivity contribution in [2.45, 2.75) is 13.1 Å². The van der Waals surface area contributed by atoms with Gasteiger partial charge in [-0.1, -0.05) is 85.9 Å². The van der Waals surface area contributed by atoms with E-state index < -0.39 is 5.24 Å². The maximum absolute atomic E-state index is 11.5. The Kier molecular flexibility index (Phi) is 12.0. The van der Waals surface area contributed by atoms with Crippen molar-refractivity contribution in [3.63, 3.8) is 0 Å². The van der Waals surface area contributed by atoms with E-state index in [9.17, 15) is 4.79 Å². The van der Waals surface area contributed by atoms with E-state index in [0.717, 1.165) is 11.1 Å². The van der Waals surface area contributed by atoms with Crippen molar-refractivity contribution >= 4 is 35.7 Å². The second-order valence-electron chi connectivity index (χ2n) is 4.45. The maximum atomic E-state index is 11.5. The van der Waals surface area contributed by atoms with Crippen molar-refractivity contribution < 1.29 is 40.6 Å². The molecule has 0 heterocycles. The van der Waals surface area contributed by atoms with Gasteiger partial charge >= 0.3 is 29.6 Å². The van der Waals surface area contributed by atoms with Gasteiger partial charge in [-0.05, 0) is 11.1 Å². The Morgan fingerprint density at radius 3 is 1.43 bits per heavy atom. The molecule has 2 aromatic carbocycles. The van der Waals surface area contributed by atoms with Crippen LogP contribution in [0.4, 0.5) is 9.59 Å². The van der Waals surface area contributed by atoms with Gasteiger partial charge in [0.1, 0.15) is 0 Å². The summed E-state index contributed by atoms with van der Waals surface area (Å²) in [6.07, 6.45) is 0. The van der Waals surface area contributed by atoms with Gasteiger partial charge < -0.3 is 12.1 Å². The predicted octanol–water partition coefficient (Wildman–Crippen LogP) is 0.850. The molecule has 0 aliphatic heterocycles. The summed E-state index contributed by atoms with van der Waals surface area (Å²) in [4.78, 5) is 22.3. The number of carbonyl (C=O) groups is 2. The first-order valence-electron chi connectivity index (χ1n) is 6.53. The zero-order valence-electron chi connectivity index (χ0n) is 13.9. The quantitative estimate of drug-likeness (QED) is 0.561. The molecule has 2 N–H and O–H groups in total. The first-order valence-corrected chi connectivity index (χ1v) is 7.42. The van der Waals surface area contributed by atoms with E-state index in [1.54, 1.807) is 4.90 Å². The molecule has 0 spiro atoms. The average Bonchev–Trinajstić information content (AvgIpc) is 2.48. The van der Waals surface area contributed by atoms with E-state index in [2.05, 4.69) is 31.0 Å². The van der Waals surface area contributed by atoms with Crippen LogP contribution in [0.1, 0.15) is 12.6 Å². The van der Waals surface area contributed by atoms with Crippen LogP contribution in [-0.2, 0) is 13.1 Å². The van der Waals surface area contributed by atoms with Gasteiger partial charge in [0.05, 0.1) is 0 Å². The van der Waals surface area contributed by atoms with E-state index >= 15 is 0 Å². The molecule has 4 nitrogen and oxygen atoms in total. The molecule has 0 atom stereocenters. The number of thiol groups is 2. The number of rotatable bonds is 4. The van der Waals surface area contributed by atoms with Crippen molar-refractivity contribution in [1.29, 1.82) is 0 Å². The van der Waals surface area contributed by atoms with E-state index in [0.29, 0.717) is 13.1 Å². The number of primary amides is 1. The summed E-state index contributed by atoms with van der Waals surface area (Å²) in [7, 11) is 0. The first kappa shape index (κ1) is 22.1. The first-order chi connectivity index (χ1) is 10.5. The number of hydrogen-bond donors (Lipinski definition) is 3. The minimum absolute atomic E-state index is 0. The summed E-state index contributed by atoms with van der Waals surface area (Å²) >= 11 is 7.05. The van der Waals surface area contributed by atoms with Crippen LogP contribution >= 0.6 is 25.3 Å². The molecule has 118 valence electrons. The monoisotopic (exact) mass is 358 g/mol. The fourth-order valence-electron chi connectivity index (χ4n) is 1.80. The van der Waals surface area contributed by atoms with E-state index in [4.69, 9.17) is 4.79 Å². The molecule has 0 bridgehead atoms. The molecule has 0 aliphatic carbocycles. The Labute approximate surface area is 171 Å². The third-order valence-electron chi connectivity index (χ3n) is 2.70. The minimum Gasteiger partial charge on any atom is -1.00 e. The Morgan fingerprint density at radius 2 is 1.17 bits per heavy atom. The van der Waals surface area contributed by atoms with Gasteiger partial charge in [-0.3, -0.25) is 9.59 Å². The van der Waals surface area contributed by atoms with Crippen LogP contribution in [0.25, 0.3) is 0 Å². The molecule has 0 fully saturated rings. The van der Waals surface area contributed by atoms with Crippen LogP contribution < -0.4 is 35.3 Å². The van der Waals surface area contributed by atoms with Crippen LogP contribution in [0.2, 0.25) is 0 Å². The standard InChI is InChI=1S/C15H15NOS.CH3NOS.Na.H/c17-15(18)16(11-13-7-3-1-4-8-13)12-14-9-5-2-6-10-14;2-1(3)4;;/h1-10H,11-12H2,(H,17,18);(H3,2,3,4);;/q;;+1;-1. The van der Waals surface area contributed by atoms with Gasteiger partial charge in [-0.15, -0.1) is 0 Å². The van der Waals surface area contributed by atoms with E-state index in [1.165, 1.54) is 0 Å². The largest absolute Gasteiger partial charge is 1.00 e. The Hall–Kier alpha value is -0.920. The van der Waals surface area contributed by atoms with Crippen molar-refractivity contribution in [3.05, 3.63) is 71.8 Å². The normalized spacial score (nSPS) is 8.96.